The number of benzene rings is 2. The van der Waals surface area contributed by atoms with Crippen molar-refractivity contribution in [3.8, 4) is 0 Å². The van der Waals surface area contributed by atoms with Gasteiger partial charge < -0.3 is 5.32 Å². The van der Waals surface area contributed by atoms with Crippen molar-refractivity contribution in [3.63, 3.8) is 0 Å². The van der Waals surface area contributed by atoms with Gasteiger partial charge in [0.1, 0.15) is 0 Å². The van der Waals surface area contributed by atoms with Crippen molar-refractivity contribution in [2.45, 2.75) is 6.54 Å². The van der Waals surface area contributed by atoms with Gasteiger partial charge >= 0.3 is 0 Å². The maximum absolute atomic E-state index is 12.4. The zero-order chi connectivity index (χ0) is 12.5. The first-order valence-electron chi connectivity index (χ1n) is 5.89. The van der Waals surface area contributed by atoms with E-state index in [1.54, 1.807) is 11.3 Å². The second-order valence-corrected chi connectivity index (χ2v) is 5.30. The zero-order valence-electron chi connectivity index (χ0n) is 10.9. The van der Waals surface area contributed by atoms with Crippen LogP contribution in [0.4, 0.5) is 0 Å². The Morgan fingerprint density at radius 2 is 1.70 bits per heavy atom. The minimum Gasteiger partial charge on any atom is -0.316 e. The lowest BCUT2D eigenvalue weighted by atomic mass is 10.1. The third-order valence-corrected chi connectivity index (χ3v) is 4.31. The summed E-state index contributed by atoms with van der Waals surface area (Å²) >= 11 is 1.69. The van der Waals surface area contributed by atoms with Gasteiger partial charge in [0, 0.05) is 26.7 Å². The molecule has 3 aromatic rings. The summed E-state index contributed by atoms with van der Waals surface area (Å²) in [7, 11) is 1.92. The predicted molar refractivity (Wildman–Crippen MR) is 92.9 cm³/mol. The standard InChI is InChI=1S/C15H13NOS.2ClH/c1-16-9-10-5-4-7-12-14(17)11-6-2-3-8-13(11)18-15(10)12;;/h2-8,16H,9H2,1H3;2*1H. The van der Waals surface area contributed by atoms with Crippen LogP contribution in [0.2, 0.25) is 0 Å². The van der Waals surface area contributed by atoms with Gasteiger partial charge in [0.25, 0.3) is 0 Å². The molecule has 1 N–H and O–H groups in total. The molecular weight excluding hydrogens is 313 g/mol. The van der Waals surface area contributed by atoms with E-state index in [1.165, 1.54) is 5.56 Å². The maximum Gasteiger partial charge on any atom is 0.195 e. The Hall–Kier alpha value is -1.13. The average molecular weight is 328 g/mol. The zero-order valence-corrected chi connectivity index (χ0v) is 13.3. The molecule has 1 aromatic heterocycles. The number of hydrogen-bond acceptors (Lipinski definition) is 3. The van der Waals surface area contributed by atoms with Crippen LogP contribution in [0, 0.1) is 0 Å². The second kappa shape index (κ2) is 7.04. The number of nitrogens with one attached hydrogen (secondary N) is 1. The van der Waals surface area contributed by atoms with Crippen LogP contribution in [0.15, 0.2) is 47.3 Å². The lowest BCUT2D eigenvalue weighted by Crippen LogP contribution is -2.07. The number of halogens is 2. The van der Waals surface area contributed by atoms with Crippen molar-refractivity contribution in [3.05, 3.63) is 58.3 Å². The van der Waals surface area contributed by atoms with Crippen molar-refractivity contribution in [2.75, 3.05) is 7.05 Å². The highest BCUT2D eigenvalue weighted by Gasteiger charge is 2.08. The summed E-state index contributed by atoms with van der Waals surface area (Å²) in [5.41, 5.74) is 1.32. The number of rotatable bonds is 2. The lowest BCUT2D eigenvalue weighted by molar-refractivity contribution is 0.824. The normalized spacial score (nSPS) is 10.1. The van der Waals surface area contributed by atoms with Crippen molar-refractivity contribution in [1.29, 1.82) is 0 Å². The molecule has 0 radical (unpaired) electrons. The van der Waals surface area contributed by atoms with Gasteiger partial charge in [-0.1, -0.05) is 24.3 Å². The smallest absolute Gasteiger partial charge is 0.195 e. The molecule has 0 fully saturated rings. The van der Waals surface area contributed by atoms with E-state index >= 15 is 0 Å². The summed E-state index contributed by atoms with van der Waals surface area (Å²) in [5.74, 6) is 0. The molecule has 0 atom stereocenters. The van der Waals surface area contributed by atoms with Crippen LogP contribution in [0.1, 0.15) is 5.56 Å². The molecule has 1 heterocycles. The summed E-state index contributed by atoms with van der Waals surface area (Å²) in [4.78, 5) is 12.4. The van der Waals surface area contributed by atoms with Crippen LogP contribution < -0.4 is 10.7 Å². The van der Waals surface area contributed by atoms with Gasteiger partial charge in [0.05, 0.1) is 0 Å². The van der Waals surface area contributed by atoms with Crippen LogP contribution in [0.5, 0.6) is 0 Å². The van der Waals surface area contributed by atoms with Crippen molar-refractivity contribution in [2.24, 2.45) is 0 Å². The van der Waals surface area contributed by atoms with E-state index < -0.39 is 0 Å². The Bertz CT molecular complexity index is 786. The molecule has 20 heavy (non-hydrogen) atoms. The van der Waals surface area contributed by atoms with E-state index in [0.717, 1.165) is 26.7 Å². The monoisotopic (exact) mass is 327 g/mol. The van der Waals surface area contributed by atoms with Crippen LogP contribution >= 0.6 is 36.2 Å². The molecule has 2 nitrogen and oxygen atoms in total. The SMILES string of the molecule is CNCc1cccc2c(=O)c3ccccc3sc12.Cl.Cl. The minimum absolute atomic E-state index is 0. The fraction of sp³-hybridized carbons (Fsp3) is 0.133. The Morgan fingerprint density at radius 3 is 2.45 bits per heavy atom. The van der Waals surface area contributed by atoms with Gasteiger partial charge in [-0.2, -0.15) is 0 Å². The first-order valence-corrected chi connectivity index (χ1v) is 6.71. The molecule has 0 saturated heterocycles. The first kappa shape index (κ1) is 16.9. The molecule has 0 aliphatic rings. The molecule has 5 heteroatoms. The first-order chi connectivity index (χ1) is 8.81. The molecule has 106 valence electrons. The Balaban J connectivity index is 0.000001000. The second-order valence-electron chi connectivity index (χ2n) is 4.25. The number of fused-ring (bicyclic) bond motifs is 2. The van der Waals surface area contributed by atoms with Crippen LogP contribution in [-0.4, -0.2) is 7.05 Å². The van der Waals surface area contributed by atoms with Crippen molar-refractivity contribution >= 4 is 56.3 Å². The summed E-state index contributed by atoms with van der Waals surface area (Å²) in [6.45, 7) is 0.783. The summed E-state index contributed by atoms with van der Waals surface area (Å²) < 4.78 is 2.15. The van der Waals surface area contributed by atoms with Gasteiger partial charge in [-0.15, -0.1) is 36.2 Å². The third-order valence-electron chi connectivity index (χ3n) is 3.05. The molecule has 0 saturated carbocycles. The fourth-order valence-electron chi connectivity index (χ4n) is 2.21. The number of hydrogen-bond donors (Lipinski definition) is 1. The Morgan fingerprint density at radius 1 is 1.00 bits per heavy atom. The van der Waals surface area contributed by atoms with Crippen LogP contribution in [0.3, 0.4) is 0 Å². The van der Waals surface area contributed by atoms with E-state index in [2.05, 4.69) is 11.4 Å². The quantitative estimate of drug-likeness (QED) is 0.721. The molecule has 0 aliphatic heterocycles. The van der Waals surface area contributed by atoms with Gasteiger partial charge in [-0.25, -0.2) is 0 Å². The molecule has 0 aliphatic carbocycles. The minimum atomic E-state index is 0. The topological polar surface area (TPSA) is 29.1 Å². The largest absolute Gasteiger partial charge is 0.316 e. The summed E-state index contributed by atoms with van der Waals surface area (Å²) in [6, 6.07) is 13.8. The fourth-order valence-corrected chi connectivity index (χ4v) is 3.39. The molecular formula is C15H15Cl2NOS. The Kier molecular flexibility index (Phi) is 5.96. The van der Waals surface area contributed by atoms with E-state index in [4.69, 9.17) is 0 Å². The predicted octanol–water partition coefficient (Wildman–Crippen LogP) is 3.98. The van der Waals surface area contributed by atoms with Crippen LogP contribution in [0.25, 0.3) is 20.2 Å². The van der Waals surface area contributed by atoms with E-state index in [-0.39, 0.29) is 30.2 Å². The van der Waals surface area contributed by atoms with Gasteiger partial charge in [0.15, 0.2) is 5.43 Å². The molecule has 0 unspecified atom stereocenters. The highest BCUT2D eigenvalue weighted by atomic mass is 35.5. The summed E-state index contributed by atoms with van der Waals surface area (Å²) in [6.07, 6.45) is 0. The van der Waals surface area contributed by atoms with Gasteiger partial charge in [-0.3, -0.25) is 4.79 Å². The van der Waals surface area contributed by atoms with Crippen LogP contribution in [-0.2, 0) is 6.54 Å². The van der Waals surface area contributed by atoms with Crippen molar-refractivity contribution in [1.82, 2.24) is 5.32 Å². The van der Waals surface area contributed by atoms with E-state index in [0.29, 0.717) is 0 Å². The van der Waals surface area contributed by atoms with E-state index in [9.17, 15) is 4.79 Å². The average Bonchev–Trinajstić information content (AvgIpc) is 2.40. The third kappa shape index (κ3) is 2.81. The highest BCUT2D eigenvalue weighted by Crippen LogP contribution is 2.27. The molecule has 2 aromatic carbocycles. The van der Waals surface area contributed by atoms with E-state index in [1.807, 2.05) is 43.4 Å². The molecule has 0 bridgehead atoms. The van der Waals surface area contributed by atoms with Gasteiger partial charge in [0.2, 0.25) is 0 Å². The van der Waals surface area contributed by atoms with Crippen molar-refractivity contribution < 1.29 is 0 Å². The Labute approximate surface area is 133 Å². The lowest BCUT2D eigenvalue weighted by Gasteiger charge is -2.06. The highest BCUT2D eigenvalue weighted by molar-refractivity contribution is 7.24. The summed E-state index contributed by atoms with van der Waals surface area (Å²) in [5, 5.41) is 4.79. The maximum atomic E-state index is 12.4. The molecule has 0 amide bonds. The molecule has 0 spiro atoms. The van der Waals surface area contributed by atoms with Gasteiger partial charge in [-0.05, 0) is 30.8 Å². The molecule has 3 rings (SSSR count).